The fraction of sp³-hybridized carbons (Fsp3) is 0.727. The smallest absolute Gasteiger partial charge is 0.330 e. The highest BCUT2D eigenvalue weighted by atomic mass is 16.6. The zero-order chi connectivity index (χ0) is 10.5. The van der Waals surface area contributed by atoms with Gasteiger partial charge in [-0.3, -0.25) is 0 Å². The van der Waals surface area contributed by atoms with Crippen LogP contribution in [0.15, 0.2) is 12.2 Å². The van der Waals surface area contributed by atoms with Crippen LogP contribution in [0.25, 0.3) is 0 Å². The van der Waals surface area contributed by atoms with E-state index in [2.05, 4.69) is 13.8 Å². The Morgan fingerprint density at radius 3 is 2.31 bits per heavy atom. The predicted molar refractivity (Wildman–Crippen MR) is 54.4 cm³/mol. The van der Waals surface area contributed by atoms with Crippen LogP contribution in [0.1, 0.15) is 41.0 Å². The SMILES string of the molecule is CC(C)CC=CC(=O)OC(C)(C)C. The van der Waals surface area contributed by atoms with E-state index in [1.807, 2.05) is 26.8 Å². The second kappa shape index (κ2) is 5.05. The van der Waals surface area contributed by atoms with Crippen LogP contribution in [0.4, 0.5) is 0 Å². The van der Waals surface area contributed by atoms with Crippen molar-refractivity contribution in [1.82, 2.24) is 0 Å². The molecule has 2 nitrogen and oxygen atoms in total. The molecule has 2 heteroatoms. The Labute approximate surface area is 81.0 Å². The summed E-state index contributed by atoms with van der Waals surface area (Å²) in [6.45, 7) is 9.81. The molecule has 0 saturated carbocycles. The zero-order valence-electron chi connectivity index (χ0n) is 9.26. The van der Waals surface area contributed by atoms with Crippen LogP contribution in [0.3, 0.4) is 0 Å². The largest absolute Gasteiger partial charge is 0.457 e. The number of rotatable bonds is 3. The molecule has 0 heterocycles. The molecule has 0 saturated heterocycles. The first-order chi connectivity index (χ1) is 5.81. The molecule has 0 atom stereocenters. The van der Waals surface area contributed by atoms with E-state index in [9.17, 15) is 4.79 Å². The van der Waals surface area contributed by atoms with Crippen molar-refractivity contribution in [2.45, 2.75) is 46.6 Å². The van der Waals surface area contributed by atoms with Crippen molar-refractivity contribution in [2.24, 2.45) is 5.92 Å². The number of carbonyl (C=O) groups is 1. The van der Waals surface area contributed by atoms with Gasteiger partial charge in [-0.05, 0) is 33.1 Å². The monoisotopic (exact) mass is 184 g/mol. The molecule has 0 spiro atoms. The first-order valence-corrected chi connectivity index (χ1v) is 4.71. The summed E-state index contributed by atoms with van der Waals surface area (Å²) < 4.78 is 5.09. The number of hydrogen-bond donors (Lipinski definition) is 0. The highest BCUT2D eigenvalue weighted by Crippen LogP contribution is 2.07. The molecule has 0 aromatic rings. The van der Waals surface area contributed by atoms with Crippen LogP contribution in [-0.2, 0) is 9.53 Å². The first-order valence-electron chi connectivity index (χ1n) is 4.71. The maximum Gasteiger partial charge on any atom is 0.330 e. The normalized spacial score (nSPS) is 12.5. The van der Waals surface area contributed by atoms with Gasteiger partial charge in [-0.15, -0.1) is 0 Å². The van der Waals surface area contributed by atoms with Gasteiger partial charge < -0.3 is 4.74 Å². The third kappa shape index (κ3) is 9.12. The van der Waals surface area contributed by atoms with Gasteiger partial charge in [0.05, 0.1) is 0 Å². The minimum atomic E-state index is -0.390. The molecule has 0 N–H and O–H groups in total. The maximum atomic E-state index is 11.1. The zero-order valence-corrected chi connectivity index (χ0v) is 9.26. The maximum absolute atomic E-state index is 11.1. The Balaban J connectivity index is 3.81. The number of carbonyl (C=O) groups excluding carboxylic acids is 1. The molecule has 0 amide bonds. The molecule has 0 radical (unpaired) electrons. The average molecular weight is 184 g/mol. The summed E-state index contributed by atoms with van der Waals surface area (Å²) in [4.78, 5) is 11.1. The summed E-state index contributed by atoms with van der Waals surface area (Å²) in [6, 6.07) is 0. The van der Waals surface area contributed by atoms with Crippen molar-refractivity contribution < 1.29 is 9.53 Å². The number of ether oxygens (including phenoxy) is 1. The summed E-state index contributed by atoms with van der Waals surface area (Å²) in [5.41, 5.74) is -0.390. The fourth-order valence-corrected chi connectivity index (χ4v) is 0.772. The van der Waals surface area contributed by atoms with Crippen molar-refractivity contribution in [3.05, 3.63) is 12.2 Å². The number of hydrogen-bond acceptors (Lipinski definition) is 2. The van der Waals surface area contributed by atoms with E-state index in [-0.39, 0.29) is 11.6 Å². The van der Waals surface area contributed by atoms with Crippen LogP contribution < -0.4 is 0 Å². The van der Waals surface area contributed by atoms with E-state index in [0.29, 0.717) is 5.92 Å². The molecule has 76 valence electrons. The molecule has 0 aliphatic rings. The minimum Gasteiger partial charge on any atom is -0.457 e. The Hall–Kier alpha value is -0.790. The van der Waals surface area contributed by atoms with Gasteiger partial charge >= 0.3 is 5.97 Å². The number of esters is 1. The Bertz CT molecular complexity index is 185. The van der Waals surface area contributed by atoms with Crippen LogP contribution >= 0.6 is 0 Å². The Morgan fingerprint density at radius 2 is 1.92 bits per heavy atom. The van der Waals surface area contributed by atoms with Crippen LogP contribution in [0.5, 0.6) is 0 Å². The lowest BCUT2D eigenvalue weighted by atomic mass is 10.1. The molecule has 0 bridgehead atoms. The molecule has 0 aromatic heterocycles. The van der Waals surface area contributed by atoms with E-state index in [1.165, 1.54) is 6.08 Å². The van der Waals surface area contributed by atoms with E-state index in [1.54, 1.807) is 0 Å². The van der Waals surface area contributed by atoms with Gasteiger partial charge in [0.15, 0.2) is 0 Å². The standard InChI is InChI=1S/C11H20O2/c1-9(2)7-6-8-10(12)13-11(3,4)5/h6,8-9H,7H2,1-5H3. The van der Waals surface area contributed by atoms with Crippen LogP contribution in [-0.4, -0.2) is 11.6 Å². The van der Waals surface area contributed by atoms with Crippen molar-refractivity contribution in [1.29, 1.82) is 0 Å². The third-order valence-corrected chi connectivity index (χ3v) is 1.27. The fourth-order valence-electron chi connectivity index (χ4n) is 0.772. The molecule has 0 aromatic carbocycles. The van der Waals surface area contributed by atoms with Gasteiger partial charge in [-0.25, -0.2) is 4.79 Å². The number of allylic oxidation sites excluding steroid dienone is 1. The topological polar surface area (TPSA) is 26.3 Å². The molecule has 0 fully saturated rings. The van der Waals surface area contributed by atoms with Gasteiger partial charge in [0.1, 0.15) is 5.60 Å². The second-order valence-corrected chi connectivity index (χ2v) is 4.57. The van der Waals surface area contributed by atoms with E-state index in [4.69, 9.17) is 4.74 Å². The average Bonchev–Trinajstić information content (AvgIpc) is 1.81. The Morgan fingerprint density at radius 1 is 1.38 bits per heavy atom. The van der Waals surface area contributed by atoms with Gasteiger partial charge in [0.25, 0.3) is 0 Å². The van der Waals surface area contributed by atoms with Crippen molar-refractivity contribution >= 4 is 5.97 Å². The second-order valence-electron chi connectivity index (χ2n) is 4.57. The predicted octanol–water partition coefficient (Wildman–Crippen LogP) is 2.93. The lowest BCUT2D eigenvalue weighted by molar-refractivity contribution is -0.148. The molecular weight excluding hydrogens is 164 g/mol. The summed E-state index contributed by atoms with van der Waals surface area (Å²) in [5.74, 6) is 0.326. The van der Waals surface area contributed by atoms with Crippen LogP contribution in [0.2, 0.25) is 0 Å². The van der Waals surface area contributed by atoms with Crippen LogP contribution in [0, 0.1) is 5.92 Å². The van der Waals surface area contributed by atoms with Crippen molar-refractivity contribution in [3.63, 3.8) is 0 Å². The first kappa shape index (κ1) is 12.2. The quantitative estimate of drug-likeness (QED) is 0.498. The third-order valence-electron chi connectivity index (χ3n) is 1.27. The molecule has 13 heavy (non-hydrogen) atoms. The highest BCUT2D eigenvalue weighted by Gasteiger charge is 2.13. The summed E-state index contributed by atoms with van der Waals surface area (Å²) in [7, 11) is 0. The molecule has 0 aliphatic heterocycles. The lowest BCUT2D eigenvalue weighted by Gasteiger charge is -2.17. The minimum absolute atomic E-state index is 0.256. The van der Waals surface area contributed by atoms with E-state index in [0.717, 1.165) is 6.42 Å². The van der Waals surface area contributed by atoms with E-state index >= 15 is 0 Å². The molecule has 0 rings (SSSR count). The summed E-state index contributed by atoms with van der Waals surface area (Å²) in [6.07, 6.45) is 4.28. The van der Waals surface area contributed by atoms with Gasteiger partial charge in [0, 0.05) is 6.08 Å². The highest BCUT2D eigenvalue weighted by molar-refractivity contribution is 5.82. The summed E-state index contributed by atoms with van der Waals surface area (Å²) >= 11 is 0. The summed E-state index contributed by atoms with van der Waals surface area (Å²) in [5, 5.41) is 0. The lowest BCUT2D eigenvalue weighted by Crippen LogP contribution is -2.22. The van der Waals surface area contributed by atoms with Gasteiger partial charge in [-0.1, -0.05) is 19.9 Å². The van der Waals surface area contributed by atoms with Crippen molar-refractivity contribution in [3.8, 4) is 0 Å². The van der Waals surface area contributed by atoms with Crippen molar-refractivity contribution in [2.75, 3.05) is 0 Å². The molecular formula is C11H20O2. The molecule has 0 unspecified atom stereocenters. The van der Waals surface area contributed by atoms with E-state index < -0.39 is 0 Å². The molecule has 0 aliphatic carbocycles. The Kier molecular flexibility index (Phi) is 4.74. The van der Waals surface area contributed by atoms with Gasteiger partial charge in [-0.2, -0.15) is 0 Å². The van der Waals surface area contributed by atoms with Gasteiger partial charge in [0.2, 0.25) is 0 Å².